The van der Waals surface area contributed by atoms with Gasteiger partial charge >= 0.3 is 0 Å². The molecule has 0 saturated heterocycles. The summed E-state index contributed by atoms with van der Waals surface area (Å²) in [6, 6.07) is 6.02. The molecule has 2 aliphatic rings. The van der Waals surface area contributed by atoms with Gasteiger partial charge in [-0.3, -0.25) is 4.79 Å². The Balaban J connectivity index is 2.17. The van der Waals surface area contributed by atoms with E-state index < -0.39 is 0 Å². The Hall–Kier alpha value is -0.830. The minimum Gasteiger partial charge on any atom is -0.325 e. The summed E-state index contributed by atoms with van der Waals surface area (Å²) in [6.07, 6.45) is 5.57. The Morgan fingerprint density at radius 2 is 1.94 bits per heavy atom. The first-order chi connectivity index (χ1) is 7.74. The highest BCUT2D eigenvalue weighted by Gasteiger charge is 2.48. The molecular formula is C13H14BrNO. The van der Waals surface area contributed by atoms with E-state index in [4.69, 9.17) is 0 Å². The van der Waals surface area contributed by atoms with Crippen molar-refractivity contribution in [1.29, 1.82) is 0 Å². The number of nitrogens with one attached hydrogen (secondary N) is 1. The van der Waals surface area contributed by atoms with Gasteiger partial charge in [-0.05, 0) is 25.0 Å². The number of fused-ring (bicyclic) bond motifs is 2. The van der Waals surface area contributed by atoms with E-state index in [-0.39, 0.29) is 11.3 Å². The maximum atomic E-state index is 12.2. The van der Waals surface area contributed by atoms with Crippen LogP contribution in [-0.4, -0.2) is 5.91 Å². The first-order valence-electron chi connectivity index (χ1n) is 5.84. The summed E-state index contributed by atoms with van der Waals surface area (Å²) < 4.78 is 1.07. The van der Waals surface area contributed by atoms with Gasteiger partial charge in [0, 0.05) is 15.7 Å². The van der Waals surface area contributed by atoms with Crippen LogP contribution in [0.2, 0.25) is 0 Å². The van der Waals surface area contributed by atoms with Crippen LogP contribution in [0.15, 0.2) is 22.7 Å². The second kappa shape index (κ2) is 3.59. The van der Waals surface area contributed by atoms with Crippen molar-refractivity contribution < 1.29 is 4.79 Å². The van der Waals surface area contributed by atoms with Gasteiger partial charge in [-0.2, -0.15) is 0 Å². The van der Waals surface area contributed by atoms with Crippen molar-refractivity contribution in [1.82, 2.24) is 0 Å². The molecule has 0 radical (unpaired) electrons. The lowest BCUT2D eigenvalue weighted by molar-refractivity contribution is -0.121. The smallest absolute Gasteiger partial charge is 0.235 e. The third kappa shape index (κ3) is 1.27. The highest BCUT2D eigenvalue weighted by molar-refractivity contribution is 9.10. The lowest BCUT2D eigenvalue weighted by Crippen LogP contribution is -2.36. The number of anilines is 1. The van der Waals surface area contributed by atoms with Gasteiger partial charge in [0.15, 0.2) is 0 Å². The molecule has 3 rings (SSSR count). The molecule has 1 spiro atoms. The van der Waals surface area contributed by atoms with E-state index in [1.807, 2.05) is 18.2 Å². The van der Waals surface area contributed by atoms with Crippen molar-refractivity contribution in [2.75, 3.05) is 5.32 Å². The standard InChI is InChI=1S/C13H14BrNO/c14-9-5-4-6-10-11(9)13(12(16)15-10)7-2-1-3-8-13/h4-6H,1-3,7-8H2,(H,15,16). The fraction of sp³-hybridized carbons (Fsp3) is 0.462. The molecule has 3 heteroatoms. The molecule has 0 bridgehead atoms. The largest absolute Gasteiger partial charge is 0.325 e. The molecule has 2 nitrogen and oxygen atoms in total. The Morgan fingerprint density at radius 1 is 1.19 bits per heavy atom. The lowest BCUT2D eigenvalue weighted by Gasteiger charge is -2.32. The summed E-state index contributed by atoms with van der Waals surface area (Å²) in [7, 11) is 0. The third-order valence-corrected chi connectivity index (χ3v) is 4.54. The number of hydrogen-bond donors (Lipinski definition) is 1. The molecule has 1 heterocycles. The first-order valence-corrected chi connectivity index (χ1v) is 6.64. The average Bonchev–Trinajstić information content (AvgIpc) is 2.55. The zero-order chi connectivity index (χ0) is 11.2. The fourth-order valence-corrected chi connectivity index (χ4v) is 3.85. The van der Waals surface area contributed by atoms with E-state index >= 15 is 0 Å². The number of carbonyl (C=O) groups is 1. The molecule has 0 unspecified atom stereocenters. The topological polar surface area (TPSA) is 29.1 Å². The molecular weight excluding hydrogens is 266 g/mol. The molecule has 1 aromatic rings. The Morgan fingerprint density at radius 3 is 2.69 bits per heavy atom. The van der Waals surface area contributed by atoms with Crippen molar-refractivity contribution in [3.63, 3.8) is 0 Å². The summed E-state index contributed by atoms with van der Waals surface area (Å²) in [5.41, 5.74) is 1.95. The van der Waals surface area contributed by atoms with Gasteiger partial charge in [0.25, 0.3) is 0 Å². The number of benzene rings is 1. The van der Waals surface area contributed by atoms with Crippen molar-refractivity contribution in [3.05, 3.63) is 28.2 Å². The molecule has 16 heavy (non-hydrogen) atoms. The zero-order valence-corrected chi connectivity index (χ0v) is 10.6. The Labute approximate surface area is 104 Å². The molecule has 0 aromatic heterocycles. The summed E-state index contributed by atoms with van der Waals surface area (Å²) >= 11 is 3.59. The molecule has 1 aliphatic heterocycles. The third-order valence-electron chi connectivity index (χ3n) is 3.88. The van der Waals surface area contributed by atoms with Gasteiger partial charge in [-0.1, -0.05) is 41.3 Å². The number of halogens is 1. The van der Waals surface area contributed by atoms with Crippen LogP contribution >= 0.6 is 15.9 Å². The predicted molar refractivity (Wildman–Crippen MR) is 67.5 cm³/mol. The van der Waals surface area contributed by atoms with Gasteiger partial charge in [0.05, 0.1) is 5.41 Å². The number of rotatable bonds is 0. The van der Waals surface area contributed by atoms with E-state index in [1.165, 1.54) is 12.0 Å². The predicted octanol–water partition coefficient (Wildman–Crippen LogP) is 3.60. The van der Waals surface area contributed by atoms with E-state index in [1.54, 1.807) is 0 Å². The van der Waals surface area contributed by atoms with Crippen LogP contribution in [-0.2, 0) is 10.2 Å². The Bertz CT molecular complexity index is 449. The normalized spacial score (nSPS) is 21.9. The highest BCUT2D eigenvalue weighted by atomic mass is 79.9. The fourth-order valence-electron chi connectivity index (χ4n) is 3.10. The van der Waals surface area contributed by atoms with Crippen molar-refractivity contribution >= 4 is 27.5 Å². The van der Waals surface area contributed by atoms with Crippen molar-refractivity contribution in [2.45, 2.75) is 37.5 Å². The molecule has 1 saturated carbocycles. The molecule has 84 valence electrons. The molecule has 1 fully saturated rings. The number of amides is 1. The molecule has 1 N–H and O–H groups in total. The molecule has 1 amide bonds. The molecule has 1 aromatic carbocycles. The maximum Gasteiger partial charge on any atom is 0.235 e. The summed E-state index contributed by atoms with van der Waals surface area (Å²) in [4.78, 5) is 12.2. The average molecular weight is 280 g/mol. The first kappa shape index (κ1) is 10.3. The second-order valence-corrected chi connectivity index (χ2v) is 5.61. The quantitative estimate of drug-likeness (QED) is 0.773. The number of carbonyl (C=O) groups excluding carboxylic acids is 1. The van der Waals surface area contributed by atoms with Crippen LogP contribution < -0.4 is 5.32 Å². The minimum atomic E-state index is -0.242. The van der Waals surface area contributed by atoms with Crippen LogP contribution in [0.25, 0.3) is 0 Å². The van der Waals surface area contributed by atoms with Crippen LogP contribution in [0, 0.1) is 0 Å². The number of hydrogen-bond acceptors (Lipinski definition) is 1. The zero-order valence-electron chi connectivity index (χ0n) is 9.05. The summed E-state index contributed by atoms with van der Waals surface area (Å²) in [5.74, 6) is 0.203. The van der Waals surface area contributed by atoms with Gasteiger partial charge in [0.2, 0.25) is 5.91 Å². The van der Waals surface area contributed by atoms with Gasteiger partial charge < -0.3 is 5.32 Å². The molecule has 0 atom stereocenters. The Kier molecular flexibility index (Phi) is 2.32. The SMILES string of the molecule is O=C1Nc2cccc(Br)c2C12CCCCC2. The van der Waals surface area contributed by atoms with Gasteiger partial charge in [-0.15, -0.1) is 0 Å². The van der Waals surface area contributed by atoms with Crippen LogP contribution in [0.1, 0.15) is 37.7 Å². The van der Waals surface area contributed by atoms with E-state index in [0.29, 0.717) is 0 Å². The van der Waals surface area contributed by atoms with Gasteiger partial charge in [-0.25, -0.2) is 0 Å². The minimum absolute atomic E-state index is 0.203. The van der Waals surface area contributed by atoms with E-state index in [9.17, 15) is 4.79 Å². The maximum absolute atomic E-state index is 12.2. The highest BCUT2D eigenvalue weighted by Crippen LogP contribution is 2.49. The lowest BCUT2D eigenvalue weighted by atomic mass is 9.70. The molecule has 1 aliphatic carbocycles. The van der Waals surface area contributed by atoms with Crippen LogP contribution in [0.5, 0.6) is 0 Å². The monoisotopic (exact) mass is 279 g/mol. The van der Waals surface area contributed by atoms with Crippen LogP contribution in [0.4, 0.5) is 5.69 Å². The van der Waals surface area contributed by atoms with E-state index in [2.05, 4.69) is 21.2 Å². The van der Waals surface area contributed by atoms with Crippen LogP contribution in [0.3, 0.4) is 0 Å². The summed E-state index contributed by atoms with van der Waals surface area (Å²) in [6.45, 7) is 0. The van der Waals surface area contributed by atoms with E-state index in [0.717, 1.165) is 35.8 Å². The van der Waals surface area contributed by atoms with Crippen molar-refractivity contribution in [2.24, 2.45) is 0 Å². The van der Waals surface area contributed by atoms with Gasteiger partial charge in [0.1, 0.15) is 0 Å². The second-order valence-electron chi connectivity index (χ2n) is 4.76. The summed E-state index contributed by atoms with van der Waals surface area (Å²) in [5, 5.41) is 3.03. The van der Waals surface area contributed by atoms with Crippen molar-refractivity contribution in [3.8, 4) is 0 Å².